The number of nitrogen functional groups attached to an aromatic ring is 1. The summed E-state index contributed by atoms with van der Waals surface area (Å²) in [4.78, 5) is 14.8. The van der Waals surface area contributed by atoms with Gasteiger partial charge in [-0.05, 0) is 12.8 Å². The minimum atomic E-state index is 0.204. The summed E-state index contributed by atoms with van der Waals surface area (Å²) in [6, 6.07) is 0.296. The first-order valence-electron chi connectivity index (χ1n) is 6.98. The summed E-state index contributed by atoms with van der Waals surface area (Å²) in [7, 11) is 0. The van der Waals surface area contributed by atoms with Gasteiger partial charge in [-0.15, -0.1) is 0 Å². The fraction of sp³-hybridized carbons (Fsp3) is 0.750. The van der Waals surface area contributed by atoms with Crippen LogP contribution in [0.25, 0.3) is 0 Å². The summed E-state index contributed by atoms with van der Waals surface area (Å²) in [5, 5.41) is 0. The third-order valence-corrected chi connectivity index (χ3v) is 3.04. The van der Waals surface area contributed by atoms with Gasteiger partial charge in [-0.3, -0.25) is 5.43 Å². The molecule has 2 heterocycles. The van der Waals surface area contributed by atoms with Gasteiger partial charge in [-0.25, -0.2) is 5.84 Å². The van der Waals surface area contributed by atoms with Gasteiger partial charge >= 0.3 is 6.01 Å². The van der Waals surface area contributed by atoms with Crippen LogP contribution in [0.4, 0.5) is 11.9 Å². The number of nitrogens with one attached hydrogen (secondary N) is 1. The Kier molecular flexibility index (Phi) is 5.31. The summed E-state index contributed by atoms with van der Waals surface area (Å²) < 4.78 is 11.1. The van der Waals surface area contributed by atoms with Crippen LogP contribution in [0.5, 0.6) is 6.01 Å². The summed E-state index contributed by atoms with van der Waals surface area (Å²) >= 11 is 0. The highest BCUT2D eigenvalue weighted by molar-refractivity contribution is 5.38. The lowest BCUT2D eigenvalue weighted by Crippen LogP contribution is -2.43. The van der Waals surface area contributed by atoms with E-state index >= 15 is 0 Å². The highest BCUT2D eigenvalue weighted by Crippen LogP contribution is 2.18. The first-order chi connectivity index (χ1) is 9.76. The Bertz CT molecular complexity index is 430. The molecule has 3 N–H and O–H groups in total. The maximum atomic E-state index is 5.65. The highest BCUT2D eigenvalue weighted by atomic mass is 16.5. The lowest BCUT2D eigenvalue weighted by atomic mass is 10.2. The summed E-state index contributed by atoms with van der Waals surface area (Å²) in [5.74, 6) is 6.27. The van der Waals surface area contributed by atoms with Crippen LogP contribution < -0.4 is 20.9 Å². The van der Waals surface area contributed by atoms with Gasteiger partial charge in [0.1, 0.15) is 0 Å². The number of hydrogen-bond donors (Lipinski definition) is 2. The molecule has 0 aliphatic carbocycles. The molecular weight excluding hydrogens is 260 g/mol. The molecule has 0 aromatic carbocycles. The fourth-order valence-electron chi connectivity index (χ4n) is 1.96. The SMILES string of the molecule is CCCOc1nc(NN)nc(N2CCOC(CC)C2)n1. The molecule has 1 aromatic heterocycles. The van der Waals surface area contributed by atoms with Crippen LogP contribution in [0.15, 0.2) is 0 Å². The van der Waals surface area contributed by atoms with Crippen molar-refractivity contribution < 1.29 is 9.47 Å². The number of aromatic nitrogens is 3. The third kappa shape index (κ3) is 3.67. The second kappa shape index (κ2) is 7.20. The van der Waals surface area contributed by atoms with E-state index in [0.29, 0.717) is 31.1 Å². The summed E-state index contributed by atoms with van der Waals surface area (Å²) in [5.41, 5.74) is 2.45. The molecule has 1 fully saturated rings. The van der Waals surface area contributed by atoms with E-state index in [1.54, 1.807) is 0 Å². The molecule has 1 aliphatic rings. The van der Waals surface area contributed by atoms with Crippen molar-refractivity contribution >= 4 is 11.9 Å². The van der Waals surface area contributed by atoms with Gasteiger partial charge in [0.05, 0.1) is 19.3 Å². The molecule has 1 aromatic rings. The van der Waals surface area contributed by atoms with E-state index in [4.69, 9.17) is 15.3 Å². The topological polar surface area (TPSA) is 98.4 Å². The van der Waals surface area contributed by atoms with Gasteiger partial charge in [0, 0.05) is 13.1 Å². The average molecular weight is 282 g/mol. The number of ether oxygens (including phenoxy) is 2. The summed E-state index contributed by atoms with van der Waals surface area (Å²) in [6.07, 6.45) is 2.06. The Balaban J connectivity index is 2.16. The maximum Gasteiger partial charge on any atom is 0.323 e. The molecular formula is C12H22N6O2. The highest BCUT2D eigenvalue weighted by Gasteiger charge is 2.22. The van der Waals surface area contributed by atoms with Crippen LogP contribution in [-0.4, -0.2) is 47.4 Å². The number of morpholine rings is 1. The molecule has 1 aliphatic heterocycles. The monoisotopic (exact) mass is 282 g/mol. The van der Waals surface area contributed by atoms with Gasteiger partial charge < -0.3 is 14.4 Å². The second-order valence-electron chi connectivity index (χ2n) is 4.58. The number of hydrazine groups is 1. The van der Waals surface area contributed by atoms with E-state index in [0.717, 1.165) is 25.9 Å². The Morgan fingerprint density at radius 3 is 2.95 bits per heavy atom. The van der Waals surface area contributed by atoms with Gasteiger partial charge in [-0.2, -0.15) is 15.0 Å². The van der Waals surface area contributed by atoms with Crippen LogP contribution in [0, 0.1) is 0 Å². The smallest absolute Gasteiger partial charge is 0.323 e. The van der Waals surface area contributed by atoms with E-state index in [9.17, 15) is 0 Å². The zero-order valence-electron chi connectivity index (χ0n) is 12.0. The van der Waals surface area contributed by atoms with Crippen molar-refractivity contribution in [1.29, 1.82) is 0 Å². The minimum absolute atomic E-state index is 0.204. The largest absolute Gasteiger partial charge is 0.463 e. The molecule has 0 amide bonds. The predicted molar refractivity (Wildman–Crippen MR) is 75.7 cm³/mol. The van der Waals surface area contributed by atoms with Crippen molar-refractivity contribution in [2.24, 2.45) is 5.84 Å². The van der Waals surface area contributed by atoms with Gasteiger partial charge in [0.25, 0.3) is 0 Å². The maximum absolute atomic E-state index is 5.65. The molecule has 1 saturated heterocycles. The van der Waals surface area contributed by atoms with Crippen molar-refractivity contribution in [2.45, 2.75) is 32.8 Å². The number of rotatable bonds is 6. The fourth-order valence-corrected chi connectivity index (χ4v) is 1.96. The molecule has 1 unspecified atom stereocenters. The first kappa shape index (κ1) is 14.7. The van der Waals surface area contributed by atoms with Crippen molar-refractivity contribution in [2.75, 3.05) is 36.6 Å². The zero-order chi connectivity index (χ0) is 14.4. The van der Waals surface area contributed by atoms with Crippen molar-refractivity contribution in [3.63, 3.8) is 0 Å². The standard InChI is InChI=1S/C12H22N6O2/c1-3-6-20-12-15-10(17-13)14-11(16-12)18-5-7-19-9(4-2)8-18/h9H,3-8,13H2,1-2H3,(H,14,15,16,17). The molecule has 8 heteroatoms. The molecule has 0 spiro atoms. The van der Waals surface area contributed by atoms with Gasteiger partial charge in [-0.1, -0.05) is 13.8 Å². The molecule has 0 bridgehead atoms. The van der Waals surface area contributed by atoms with Gasteiger partial charge in [0.15, 0.2) is 0 Å². The van der Waals surface area contributed by atoms with Gasteiger partial charge in [0.2, 0.25) is 11.9 Å². The lowest BCUT2D eigenvalue weighted by molar-refractivity contribution is 0.0378. The van der Waals surface area contributed by atoms with E-state index < -0.39 is 0 Å². The predicted octanol–water partition coefficient (Wildman–Crippen LogP) is 0.561. The summed E-state index contributed by atoms with van der Waals surface area (Å²) in [6.45, 7) is 6.87. The number of nitrogens with zero attached hydrogens (tertiary/aromatic N) is 4. The van der Waals surface area contributed by atoms with Crippen molar-refractivity contribution in [1.82, 2.24) is 15.0 Å². The van der Waals surface area contributed by atoms with Crippen LogP contribution in [0.1, 0.15) is 26.7 Å². The van der Waals surface area contributed by atoms with Crippen molar-refractivity contribution in [3.8, 4) is 6.01 Å². The second-order valence-corrected chi connectivity index (χ2v) is 4.58. The Labute approximate surface area is 118 Å². The number of hydrogen-bond acceptors (Lipinski definition) is 8. The molecule has 0 radical (unpaired) electrons. The Morgan fingerprint density at radius 1 is 1.40 bits per heavy atom. The third-order valence-electron chi connectivity index (χ3n) is 3.04. The first-order valence-corrected chi connectivity index (χ1v) is 6.98. The minimum Gasteiger partial charge on any atom is -0.463 e. The van der Waals surface area contributed by atoms with Crippen molar-refractivity contribution in [3.05, 3.63) is 0 Å². The van der Waals surface area contributed by atoms with E-state index in [2.05, 4.69) is 32.2 Å². The van der Waals surface area contributed by atoms with Crippen LogP contribution in [0.2, 0.25) is 0 Å². The Morgan fingerprint density at radius 2 is 2.25 bits per heavy atom. The molecule has 8 nitrogen and oxygen atoms in total. The zero-order valence-corrected chi connectivity index (χ0v) is 12.0. The van der Waals surface area contributed by atoms with E-state index in [-0.39, 0.29) is 6.10 Å². The molecule has 112 valence electrons. The Hall–Kier alpha value is -1.67. The molecule has 0 saturated carbocycles. The molecule has 20 heavy (non-hydrogen) atoms. The van der Waals surface area contributed by atoms with E-state index in [1.807, 2.05) is 6.92 Å². The van der Waals surface area contributed by atoms with E-state index in [1.165, 1.54) is 0 Å². The molecule has 2 rings (SSSR count). The quantitative estimate of drug-likeness (QED) is 0.577. The molecule has 1 atom stereocenters. The average Bonchev–Trinajstić information content (AvgIpc) is 2.52. The van der Waals surface area contributed by atoms with Crippen LogP contribution >= 0.6 is 0 Å². The lowest BCUT2D eigenvalue weighted by Gasteiger charge is -2.32. The van der Waals surface area contributed by atoms with Crippen LogP contribution in [-0.2, 0) is 4.74 Å². The normalized spacial score (nSPS) is 18.9. The van der Waals surface area contributed by atoms with Crippen LogP contribution in [0.3, 0.4) is 0 Å². The number of nitrogens with two attached hydrogens (primary N) is 1. The number of anilines is 2.